The van der Waals surface area contributed by atoms with Gasteiger partial charge < -0.3 is 10.6 Å². The minimum atomic E-state index is 0.0789. The Morgan fingerprint density at radius 3 is 2.88 bits per heavy atom. The van der Waals surface area contributed by atoms with E-state index >= 15 is 0 Å². The van der Waals surface area contributed by atoms with Crippen LogP contribution in [0.15, 0.2) is 22.7 Å². The van der Waals surface area contributed by atoms with Gasteiger partial charge in [-0.05, 0) is 24.6 Å². The first-order valence-corrected chi connectivity index (χ1v) is 6.72. The van der Waals surface area contributed by atoms with Crippen molar-refractivity contribution in [1.29, 1.82) is 0 Å². The molecule has 1 aromatic carbocycles. The Morgan fingerprint density at radius 1 is 1.47 bits per heavy atom. The summed E-state index contributed by atoms with van der Waals surface area (Å²) in [5.74, 6) is 0.0789. The van der Waals surface area contributed by atoms with E-state index in [1.807, 2.05) is 25.1 Å². The number of carbonyl (C=O) groups is 1. The Hall–Kier alpha value is -0.580. The van der Waals surface area contributed by atoms with Gasteiger partial charge in [-0.2, -0.15) is 0 Å². The van der Waals surface area contributed by atoms with Crippen molar-refractivity contribution in [2.75, 3.05) is 13.1 Å². The van der Waals surface area contributed by atoms with Crippen LogP contribution in [-0.4, -0.2) is 19.0 Å². The fourth-order valence-electron chi connectivity index (χ4n) is 1.38. The number of amides is 1. The molecule has 0 saturated heterocycles. The molecule has 0 bridgehead atoms. The van der Waals surface area contributed by atoms with Crippen LogP contribution in [0.1, 0.15) is 18.9 Å². The minimum absolute atomic E-state index is 0.0789. The van der Waals surface area contributed by atoms with E-state index in [1.165, 1.54) is 0 Å². The molecule has 0 heterocycles. The number of halogens is 2. The first-order chi connectivity index (χ1) is 8.13. The van der Waals surface area contributed by atoms with Gasteiger partial charge in [-0.3, -0.25) is 4.79 Å². The second-order valence-corrected chi connectivity index (χ2v) is 4.91. The average molecular weight is 320 g/mol. The first kappa shape index (κ1) is 14.5. The summed E-state index contributed by atoms with van der Waals surface area (Å²) >= 11 is 9.30. The monoisotopic (exact) mass is 318 g/mol. The van der Waals surface area contributed by atoms with Gasteiger partial charge in [0.05, 0.1) is 0 Å². The molecule has 17 heavy (non-hydrogen) atoms. The Balaban J connectivity index is 2.29. The zero-order chi connectivity index (χ0) is 12.7. The zero-order valence-electron chi connectivity index (χ0n) is 9.72. The molecule has 0 radical (unpaired) electrons. The molecule has 2 N–H and O–H groups in total. The summed E-state index contributed by atoms with van der Waals surface area (Å²) in [5.41, 5.74) is 1.13. The average Bonchev–Trinajstić information content (AvgIpc) is 2.27. The summed E-state index contributed by atoms with van der Waals surface area (Å²) in [7, 11) is 0. The van der Waals surface area contributed by atoms with Crippen molar-refractivity contribution >= 4 is 33.4 Å². The van der Waals surface area contributed by atoms with Crippen LogP contribution in [0.5, 0.6) is 0 Å². The topological polar surface area (TPSA) is 41.1 Å². The highest BCUT2D eigenvalue weighted by atomic mass is 79.9. The summed E-state index contributed by atoms with van der Waals surface area (Å²) in [4.78, 5) is 11.2. The second kappa shape index (κ2) is 7.69. The third-order valence-electron chi connectivity index (χ3n) is 2.23. The van der Waals surface area contributed by atoms with Crippen LogP contribution in [0.4, 0.5) is 0 Å². The highest BCUT2D eigenvalue weighted by molar-refractivity contribution is 9.10. The van der Waals surface area contributed by atoms with Crippen LogP contribution >= 0.6 is 27.5 Å². The van der Waals surface area contributed by atoms with Gasteiger partial charge in [0.25, 0.3) is 0 Å². The van der Waals surface area contributed by atoms with Crippen molar-refractivity contribution in [3.63, 3.8) is 0 Å². The molecule has 1 aromatic rings. The molecule has 0 aliphatic carbocycles. The number of hydrogen-bond acceptors (Lipinski definition) is 2. The number of nitrogens with one attached hydrogen (secondary N) is 2. The van der Waals surface area contributed by atoms with Crippen molar-refractivity contribution in [1.82, 2.24) is 10.6 Å². The molecule has 0 aromatic heterocycles. The van der Waals surface area contributed by atoms with Gasteiger partial charge in [0, 0.05) is 35.6 Å². The summed E-state index contributed by atoms with van der Waals surface area (Å²) in [6.07, 6.45) is 0.499. The molecule has 5 heteroatoms. The Bertz CT molecular complexity index is 385. The maximum Gasteiger partial charge on any atom is 0.221 e. The zero-order valence-corrected chi connectivity index (χ0v) is 12.1. The van der Waals surface area contributed by atoms with Crippen LogP contribution < -0.4 is 10.6 Å². The summed E-state index contributed by atoms with van der Waals surface area (Å²) in [6.45, 7) is 3.98. The fourth-order valence-corrected chi connectivity index (χ4v) is 2.20. The SMILES string of the molecule is CCNC(=O)CCNCc1ccc(Cl)cc1Br. The van der Waals surface area contributed by atoms with Crippen molar-refractivity contribution < 1.29 is 4.79 Å². The Labute approximate surface area is 115 Å². The maximum absolute atomic E-state index is 11.2. The van der Waals surface area contributed by atoms with E-state index in [0.717, 1.165) is 16.6 Å². The van der Waals surface area contributed by atoms with Gasteiger partial charge in [0.15, 0.2) is 0 Å². The molecule has 0 aliphatic rings. The fraction of sp³-hybridized carbons (Fsp3) is 0.417. The van der Waals surface area contributed by atoms with Crippen molar-refractivity contribution in [3.8, 4) is 0 Å². The molecule has 0 atom stereocenters. The molecular weight excluding hydrogens is 304 g/mol. The number of benzene rings is 1. The first-order valence-electron chi connectivity index (χ1n) is 5.54. The quantitative estimate of drug-likeness (QED) is 0.792. The highest BCUT2D eigenvalue weighted by Crippen LogP contribution is 2.21. The van der Waals surface area contributed by atoms with E-state index in [4.69, 9.17) is 11.6 Å². The molecule has 0 spiro atoms. The molecule has 0 saturated carbocycles. The molecule has 94 valence electrons. The standard InChI is InChI=1S/C12H16BrClN2O/c1-2-16-12(17)5-6-15-8-9-3-4-10(14)7-11(9)13/h3-4,7,15H,2,5-6,8H2,1H3,(H,16,17). The predicted molar refractivity (Wildman–Crippen MR) is 74.2 cm³/mol. The molecule has 0 unspecified atom stereocenters. The number of rotatable bonds is 6. The third kappa shape index (κ3) is 5.52. The van der Waals surface area contributed by atoms with E-state index in [0.29, 0.717) is 24.5 Å². The van der Waals surface area contributed by atoms with Crippen LogP contribution in [0.25, 0.3) is 0 Å². The van der Waals surface area contributed by atoms with Gasteiger partial charge in [0.1, 0.15) is 0 Å². The highest BCUT2D eigenvalue weighted by Gasteiger charge is 2.01. The van der Waals surface area contributed by atoms with E-state index in [2.05, 4.69) is 26.6 Å². The van der Waals surface area contributed by atoms with Gasteiger partial charge in [-0.25, -0.2) is 0 Å². The van der Waals surface area contributed by atoms with E-state index in [-0.39, 0.29) is 5.91 Å². The third-order valence-corrected chi connectivity index (χ3v) is 3.21. The van der Waals surface area contributed by atoms with Crippen LogP contribution in [0, 0.1) is 0 Å². The summed E-state index contributed by atoms with van der Waals surface area (Å²) in [5, 5.41) is 6.69. The van der Waals surface area contributed by atoms with Crippen molar-refractivity contribution in [2.45, 2.75) is 19.9 Å². The van der Waals surface area contributed by atoms with Crippen LogP contribution in [-0.2, 0) is 11.3 Å². The second-order valence-electron chi connectivity index (χ2n) is 3.62. The van der Waals surface area contributed by atoms with E-state index in [1.54, 1.807) is 0 Å². The lowest BCUT2D eigenvalue weighted by atomic mass is 10.2. The van der Waals surface area contributed by atoms with Gasteiger partial charge in [-0.15, -0.1) is 0 Å². The molecule has 1 amide bonds. The smallest absolute Gasteiger partial charge is 0.221 e. The van der Waals surface area contributed by atoms with Gasteiger partial charge in [-0.1, -0.05) is 33.6 Å². The Kier molecular flexibility index (Phi) is 6.55. The lowest BCUT2D eigenvalue weighted by molar-refractivity contribution is -0.120. The maximum atomic E-state index is 11.2. The Morgan fingerprint density at radius 2 is 2.24 bits per heavy atom. The van der Waals surface area contributed by atoms with E-state index < -0.39 is 0 Å². The lowest BCUT2D eigenvalue weighted by Gasteiger charge is -2.07. The predicted octanol–water partition coefficient (Wildman–Crippen LogP) is 2.72. The lowest BCUT2D eigenvalue weighted by Crippen LogP contribution is -2.27. The van der Waals surface area contributed by atoms with Crippen LogP contribution in [0.2, 0.25) is 5.02 Å². The van der Waals surface area contributed by atoms with Gasteiger partial charge >= 0.3 is 0 Å². The van der Waals surface area contributed by atoms with Crippen molar-refractivity contribution in [2.24, 2.45) is 0 Å². The largest absolute Gasteiger partial charge is 0.356 e. The normalized spacial score (nSPS) is 10.3. The van der Waals surface area contributed by atoms with Gasteiger partial charge in [0.2, 0.25) is 5.91 Å². The molecular formula is C12H16BrClN2O. The number of carbonyl (C=O) groups excluding carboxylic acids is 1. The molecule has 0 aliphatic heterocycles. The molecule has 0 fully saturated rings. The van der Waals surface area contributed by atoms with Crippen molar-refractivity contribution in [3.05, 3.63) is 33.3 Å². The minimum Gasteiger partial charge on any atom is -0.356 e. The summed E-state index contributed by atoms with van der Waals surface area (Å²) < 4.78 is 0.982. The molecule has 3 nitrogen and oxygen atoms in total. The molecule has 1 rings (SSSR count). The number of hydrogen-bond donors (Lipinski definition) is 2. The van der Waals surface area contributed by atoms with Crippen LogP contribution in [0.3, 0.4) is 0 Å². The van der Waals surface area contributed by atoms with E-state index in [9.17, 15) is 4.79 Å². The summed E-state index contributed by atoms with van der Waals surface area (Å²) in [6, 6.07) is 5.68.